The van der Waals surface area contributed by atoms with Crippen LogP contribution in [0.1, 0.15) is 20.3 Å². The van der Waals surface area contributed by atoms with Gasteiger partial charge in [0.1, 0.15) is 0 Å². The molecular formula is C10H18O5. The lowest BCUT2D eigenvalue weighted by molar-refractivity contribution is -0.182. The van der Waals surface area contributed by atoms with Crippen molar-refractivity contribution in [3.63, 3.8) is 0 Å². The summed E-state index contributed by atoms with van der Waals surface area (Å²) in [7, 11) is 3.15. The molecule has 0 aromatic rings. The molecule has 1 aliphatic heterocycles. The molecule has 15 heavy (non-hydrogen) atoms. The van der Waals surface area contributed by atoms with Crippen LogP contribution in [0.5, 0.6) is 0 Å². The van der Waals surface area contributed by atoms with Crippen molar-refractivity contribution in [2.24, 2.45) is 0 Å². The first-order chi connectivity index (χ1) is 7.08. The van der Waals surface area contributed by atoms with Gasteiger partial charge in [0.15, 0.2) is 12.4 Å². The first-order valence-corrected chi connectivity index (χ1v) is 4.96. The summed E-state index contributed by atoms with van der Waals surface area (Å²) in [5, 5.41) is 0. The highest BCUT2D eigenvalue weighted by Crippen LogP contribution is 2.26. The number of ether oxygens (including phenoxy) is 4. The van der Waals surface area contributed by atoms with E-state index in [4.69, 9.17) is 18.9 Å². The average molecular weight is 218 g/mol. The van der Waals surface area contributed by atoms with Crippen LogP contribution < -0.4 is 0 Å². The molecule has 1 unspecified atom stereocenters. The number of hydrogen-bond donors (Lipinski definition) is 0. The molecule has 4 atom stereocenters. The molecule has 5 heteroatoms. The molecule has 1 heterocycles. The van der Waals surface area contributed by atoms with Crippen LogP contribution in [0.3, 0.4) is 0 Å². The van der Waals surface area contributed by atoms with Gasteiger partial charge < -0.3 is 18.9 Å². The van der Waals surface area contributed by atoms with Crippen molar-refractivity contribution in [3.05, 3.63) is 0 Å². The Bertz CT molecular complexity index is 218. The fraction of sp³-hybridized carbons (Fsp3) is 0.900. The highest BCUT2D eigenvalue weighted by Gasteiger charge is 2.40. The van der Waals surface area contributed by atoms with E-state index in [0.717, 1.165) is 0 Å². The summed E-state index contributed by atoms with van der Waals surface area (Å²) in [6.45, 7) is 3.29. The van der Waals surface area contributed by atoms with Gasteiger partial charge in [-0.25, -0.2) is 0 Å². The van der Waals surface area contributed by atoms with Gasteiger partial charge >= 0.3 is 5.97 Å². The van der Waals surface area contributed by atoms with E-state index in [-0.39, 0.29) is 24.3 Å². The normalized spacial score (nSPS) is 32.7. The fourth-order valence-corrected chi connectivity index (χ4v) is 1.63. The zero-order valence-corrected chi connectivity index (χ0v) is 9.56. The minimum Gasteiger partial charge on any atom is -0.457 e. The maximum Gasteiger partial charge on any atom is 0.303 e. The molecule has 0 aromatic carbocycles. The van der Waals surface area contributed by atoms with E-state index < -0.39 is 6.29 Å². The lowest BCUT2D eigenvalue weighted by Gasteiger charge is -2.17. The third kappa shape index (κ3) is 3.15. The smallest absolute Gasteiger partial charge is 0.303 e. The van der Waals surface area contributed by atoms with Crippen molar-refractivity contribution >= 4 is 5.97 Å². The molecule has 0 bridgehead atoms. The molecular weight excluding hydrogens is 200 g/mol. The Labute approximate surface area is 89.6 Å². The summed E-state index contributed by atoms with van der Waals surface area (Å²) in [6.07, 6.45) is -0.355. The molecule has 0 spiro atoms. The minimum absolute atomic E-state index is 0.0387. The lowest BCUT2D eigenvalue weighted by Crippen LogP contribution is -2.27. The second-order valence-electron chi connectivity index (χ2n) is 3.60. The monoisotopic (exact) mass is 218 g/mol. The number of carbonyl (C=O) groups is 1. The summed E-state index contributed by atoms with van der Waals surface area (Å²) in [4.78, 5) is 10.8. The Balaban J connectivity index is 2.54. The molecule has 1 fully saturated rings. The van der Waals surface area contributed by atoms with E-state index in [0.29, 0.717) is 6.42 Å². The van der Waals surface area contributed by atoms with Crippen molar-refractivity contribution in [3.8, 4) is 0 Å². The summed E-state index contributed by atoms with van der Waals surface area (Å²) in [6, 6.07) is 0. The first-order valence-electron chi connectivity index (χ1n) is 4.96. The van der Waals surface area contributed by atoms with E-state index in [1.807, 2.05) is 6.92 Å². The van der Waals surface area contributed by atoms with Gasteiger partial charge in [0.05, 0.1) is 12.2 Å². The van der Waals surface area contributed by atoms with Crippen LogP contribution in [-0.4, -0.2) is 44.8 Å². The van der Waals surface area contributed by atoms with Gasteiger partial charge in [-0.05, 0) is 6.92 Å². The Kier molecular flexibility index (Phi) is 4.50. The Morgan fingerprint density at radius 2 is 2.13 bits per heavy atom. The molecule has 0 aliphatic carbocycles. The van der Waals surface area contributed by atoms with E-state index in [2.05, 4.69) is 0 Å². The first kappa shape index (κ1) is 12.4. The predicted molar refractivity (Wildman–Crippen MR) is 52.3 cm³/mol. The molecule has 1 rings (SSSR count). The van der Waals surface area contributed by atoms with E-state index in [9.17, 15) is 4.79 Å². The maximum atomic E-state index is 10.8. The third-order valence-electron chi connectivity index (χ3n) is 2.52. The van der Waals surface area contributed by atoms with Crippen LogP contribution in [-0.2, 0) is 23.7 Å². The van der Waals surface area contributed by atoms with Crippen LogP contribution in [0.25, 0.3) is 0 Å². The largest absolute Gasteiger partial charge is 0.457 e. The summed E-state index contributed by atoms with van der Waals surface area (Å²) in [5.41, 5.74) is 0. The molecule has 1 aliphatic rings. The number of esters is 1. The van der Waals surface area contributed by atoms with E-state index in [1.165, 1.54) is 14.0 Å². The molecule has 0 saturated carbocycles. The van der Waals surface area contributed by atoms with Gasteiger partial charge in [-0.2, -0.15) is 0 Å². The fourth-order valence-electron chi connectivity index (χ4n) is 1.63. The van der Waals surface area contributed by atoms with Gasteiger partial charge in [-0.15, -0.1) is 0 Å². The zero-order chi connectivity index (χ0) is 11.4. The average Bonchev–Trinajstić information content (AvgIpc) is 2.59. The Morgan fingerprint density at radius 1 is 1.47 bits per heavy atom. The van der Waals surface area contributed by atoms with Gasteiger partial charge in [-0.3, -0.25) is 4.79 Å². The van der Waals surface area contributed by atoms with Gasteiger partial charge in [0.2, 0.25) is 0 Å². The van der Waals surface area contributed by atoms with Crippen molar-refractivity contribution in [2.75, 3.05) is 14.2 Å². The Hall–Kier alpha value is -0.650. The number of methoxy groups -OCH3 is 2. The summed E-state index contributed by atoms with van der Waals surface area (Å²) in [5.74, 6) is -0.323. The topological polar surface area (TPSA) is 54.0 Å². The Morgan fingerprint density at radius 3 is 2.60 bits per heavy atom. The maximum absolute atomic E-state index is 10.8. The molecule has 5 nitrogen and oxygen atoms in total. The number of rotatable bonds is 4. The van der Waals surface area contributed by atoms with Crippen LogP contribution in [0.4, 0.5) is 0 Å². The van der Waals surface area contributed by atoms with Crippen LogP contribution in [0.15, 0.2) is 0 Å². The quantitative estimate of drug-likeness (QED) is 0.651. The summed E-state index contributed by atoms with van der Waals surface area (Å²) < 4.78 is 20.9. The second-order valence-corrected chi connectivity index (χ2v) is 3.60. The minimum atomic E-state index is -0.489. The highest BCUT2D eigenvalue weighted by molar-refractivity contribution is 5.66. The van der Waals surface area contributed by atoms with E-state index in [1.54, 1.807) is 7.11 Å². The van der Waals surface area contributed by atoms with Crippen molar-refractivity contribution in [2.45, 2.75) is 44.9 Å². The SMILES string of the molecule is COC1O[C@@H]([C@@H](C)OC)C[C@H]1OC(C)=O. The van der Waals surface area contributed by atoms with Crippen molar-refractivity contribution < 1.29 is 23.7 Å². The molecule has 0 aromatic heterocycles. The van der Waals surface area contributed by atoms with Crippen molar-refractivity contribution in [1.29, 1.82) is 0 Å². The van der Waals surface area contributed by atoms with Gasteiger partial charge in [0, 0.05) is 27.6 Å². The number of hydrogen-bond acceptors (Lipinski definition) is 5. The highest BCUT2D eigenvalue weighted by atomic mass is 16.7. The summed E-state index contributed by atoms with van der Waals surface area (Å²) >= 11 is 0. The zero-order valence-electron chi connectivity index (χ0n) is 9.56. The predicted octanol–water partition coefficient (Wildman–Crippen LogP) is 0.714. The third-order valence-corrected chi connectivity index (χ3v) is 2.52. The standard InChI is InChI=1S/C10H18O5/c1-6(12-3)8-5-9(14-7(2)11)10(13-4)15-8/h6,8-10H,5H2,1-4H3/t6-,8-,9-,10?/m1/s1. The van der Waals surface area contributed by atoms with Gasteiger partial charge in [-0.1, -0.05) is 0 Å². The molecule has 1 saturated heterocycles. The van der Waals surface area contributed by atoms with Gasteiger partial charge in [0.25, 0.3) is 0 Å². The lowest BCUT2D eigenvalue weighted by atomic mass is 10.1. The second kappa shape index (κ2) is 5.44. The molecule has 0 amide bonds. The van der Waals surface area contributed by atoms with Crippen molar-refractivity contribution in [1.82, 2.24) is 0 Å². The molecule has 0 radical (unpaired) electrons. The molecule has 88 valence electrons. The van der Waals surface area contributed by atoms with E-state index >= 15 is 0 Å². The van der Waals surface area contributed by atoms with Crippen LogP contribution in [0, 0.1) is 0 Å². The number of carbonyl (C=O) groups excluding carboxylic acids is 1. The van der Waals surface area contributed by atoms with Crippen LogP contribution in [0.2, 0.25) is 0 Å². The molecule has 0 N–H and O–H groups in total. The van der Waals surface area contributed by atoms with Crippen LogP contribution >= 0.6 is 0 Å².